The van der Waals surface area contributed by atoms with E-state index in [2.05, 4.69) is 27.3 Å². The van der Waals surface area contributed by atoms with Crippen LogP contribution in [0.4, 0.5) is 5.95 Å². The lowest BCUT2D eigenvalue weighted by Crippen LogP contribution is -2.50. The zero-order valence-corrected chi connectivity index (χ0v) is 21.9. The summed E-state index contributed by atoms with van der Waals surface area (Å²) in [5.74, 6) is 1.19. The summed E-state index contributed by atoms with van der Waals surface area (Å²) in [4.78, 5) is 24.9. The number of rotatable bonds is 8. The average Bonchev–Trinajstić information content (AvgIpc) is 2.92. The van der Waals surface area contributed by atoms with E-state index >= 15 is 0 Å². The molecule has 0 unspecified atom stereocenters. The maximum atomic E-state index is 13.7. The van der Waals surface area contributed by atoms with Gasteiger partial charge in [0, 0.05) is 25.7 Å². The highest BCUT2D eigenvalue weighted by Crippen LogP contribution is 2.37. The Morgan fingerprint density at radius 3 is 2.29 bits per heavy atom. The molecule has 1 aliphatic rings. The molecular formula is C31H34N4O3. The second-order valence-corrected chi connectivity index (χ2v) is 10.3. The van der Waals surface area contributed by atoms with Gasteiger partial charge in [0.1, 0.15) is 5.75 Å². The van der Waals surface area contributed by atoms with Crippen molar-refractivity contribution in [1.82, 2.24) is 15.3 Å². The molecule has 1 aliphatic heterocycles. The molecule has 0 saturated carbocycles. The van der Waals surface area contributed by atoms with Gasteiger partial charge in [0.25, 0.3) is 0 Å². The SMILES string of the molecule is CC(C)Oc1ccc2c(O)nc(N3CCC(Cc4ccccc4)(C(=O)NCc4ccccc4)CC3)nc2c1. The molecule has 38 heavy (non-hydrogen) atoms. The Balaban J connectivity index is 1.36. The summed E-state index contributed by atoms with van der Waals surface area (Å²) in [6.07, 6.45) is 2.01. The zero-order valence-electron chi connectivity index (χ0n) is 21.9. The van der Waals surface area contributed by atoms with Crippen molar-refractivity contribution in [2.75, 3.05) is 18.0 Å². The standard InChI is InChI=1S/C31H34N4O3/c1-22(2)38-25-13-14-26-27(19-25)33-30(34-28(26)36)35-17-15-31(16-18-35,20-23-9-5-3-6-10-23)29(37)32-21-24-11-7-4-8-12-24/h3-14,19,22H,15-18,20-21H2,1-2H3,(H,32,37)(H,33,34,36). The number of aromatic nitrogens is 2. The first-order chi connectivity index (χ1) is 18.4. The first-order valence-corrected chi connectivity index (χ1v) is 13.2. The Bertz CT molecular complexity index is 1380. The second kappa shape index (κ2) is 11.1. The fourth-order valence-corrected chi connectivity index (χ4v) is 5.14. The van der Waals surface area contributed by atoms with Crippen molar-refractivity contribution in [3.05, 3.63) is 90.0 Å². The van der Waals surface area contributed by atoms with Gasteiger partial charge in [0.2, 0.25) is 17.7 Å². The molecule has 1 aromatic heterocycles. The predicted octanol–water partition coefficient (Wildman–Crippen LogP) is 5.27. The van der Waals surface area contributed by atoms with Gasteiger partial charge < -0.3 is 20.1 Å². The van der Waals surface area contributed by atoms with Crippen molar-refractivity contribution in [1.29, 1.82) is 0 Å². The summed E-state index contributed by atoms with van der Waals surface area (Å²) in [5, 5.41) is 14.4. The minimum absolute atomic E-state index is 0.0372. The van der Waals surface area contributed by atoms with Gasteiger partial charge in [0.05, 0.1) is 22.4 Å². The number of benzene rings is 3. The number of hydrogen-bond donors (Lipinski definition) is 2. The molecule has 7 heteroatoms. The summed E-state index contributed by atoms with van der Waals surface area (Å²) in [6, 6.07) is 25.6. The summed E-state index contributed by atoms with van der Waals surface area (Å²) >= 11 is 0. The quantitative estimate of drug-likeness (QED) is 0.336. The van der Waals surface area contributed by atoms with Crippen LogP contribution in [0.2, 0.25) is 0 Å². The number of amides is 1. The van der Waals surface area contributed by atoms with Gasteiger partial charge in [-0.2, -0.15) is 4.98 Å². The van der Waals surface area contributed by atoms with Crippen LogP contribution in [-0.2, 0) is 17.8 Å². The topological polar surface area (TPSA) is 87.6 Å². The maximum Gasteiger partial charge on any atom is 0.229 e. The summed E-state index contributed by atoms with van der Waals surface area (Å²) in [7, 11) is 0. The third-order valence-corrected chi connectivity index (χ3v) is 7.17. The Morgan fingerprint density at radius 2 is 1.63 bits per heavy atom. The van der Waals surface area contributed by atoms with Gasteiger partial charge in [-0.15, -0.1) is 0 Å². The van der Waals surface area contributed by atoms with Gasteiger partial charge in [-0.3, -0.25) is 4.79 Å². The lowest BCUT2D eigenvalue weighted by atomic mass is 9.73. The lowest BCUT2D eigenvalue weighted by Gasteiger charge is -2.41. The van der Waals surface area contributed by atoms with Crippen LogP contribution in [0.1, 0.15) is 37.8 Å². The van der Waals surface area contributed by atoms with E-state index in [4.69, 9.17) is 9.72 Å². The summed E-state index contributed by atoms with van der Waals surface area (Å²) in [5.41, 5.74) is 2.32. The minimum Gasteiger partial charge on any atom is -0.493 e. The largest absolute Gasteiger partial charge is 0.493 e. The van der Waals surface area contributed by atoms with Crippen LogP contribution in [0.3, 0.4) is 0 Å². The van der Waals surface area contributed by atoms with Crippen LogP contribution in [0.15, 0.2) is 78.9 Å². The van der Waals surface area contributed by atoms with E-state index in [1.54, 1.807) is 6.07 Å². The number of carbonyl (C=O) groups excluding carboxylic acids is 1. The first kappa shape index (κ1) is 25.5. The van der Waals surface area contributed by atoms with Crippen molar-refractivity contribution in [3.8, 4) is 11.6 Å². The van der Waals surface area contributed by atoms with Gasteiger partial charge in [0.15, 0.2) is 0 Å². The van der Waals surface area contributed by atoms with E-state index < -0.39 is 5.41 Å². The van der Waals surface area contributed by atoms with E-state index in [-0.39, 0.29) is 17.9 Å². The number of ether oxygens (including phenoxy) is 1. The molecule has 7 nitrogen and oxygen atoms in total. The molecule has 2 heterocycles. The van der Waals surface area contributed by atoms with Gasteiger partial charge in [-0.25, -0.2) is 4.98 Å². The fourth-order valence-electron chi connectivity index (χ4n) is 5.14. The normalized spacial score (nSPS) is 15.0. The predicted molar refractivity (Wildman–Crippen MR) is 149 cm³/mol. The zero-order chi connectivity index (χ0) is 26.5. The Kier molecular flexibility index (Phi) is 7.45. The van der Waals surface area contributed by atoms with Crippen LogP contribution < -0.4 is 15.0 Å². The Morgan fingerprint density at radius 1 is 0.974 bits per heavy atom. The lowest BCUT2D eigenvalue weighted by molar-refractivity contribution is -0.132. The monoisotopic (exact) mass is 510 g/mol. The smallest absolute Gasteiger partial charge is 0.229 e. The van der Waals surface area contributed by atoms with E-state index in [0.29, 0.717) is 61.5 Å². The second-order valence-electron chi connectivity index (χ2n) is 10.3. The van der Waals surface area contributed by atoms with Gasteiger partial charge >= 0.3 is 0 Å². The molecule has 1 saturated heterocycles. The third-order valence-electron chi connectivity index (χ3n) is 7.17. The van der Waals surface area contributed by atoms with Crippen molar-refractivity contribution < 1.29 is 14.6 Å². The first-order valence-electron chi connectivity index (χ1n) is 13.2. The number of anilines is 1. The third kappa shape index (κ3) is 5.72. The Labute approximate surface area is 223 Å². The average molecular weight is 511 g/mol. The van der Waals surface area contributed by atoms with Crippen molar-refractivity contribution in [3.63, 3.8) is 0 Å². The van der Waals surface area contributed by atoms with E-state index in [1.807, 2.05) is 74.5 Å². The van der Waals surface area contributed by atoms with Crippen molar-refractivity contribution >= 4 is 22.8 Å². The number of nitrogens with one attached hydrogen (secondary N) is 1. The highest BCUT2D eigenvalue weighted by molar-refractivity contribution is 5.86. The number of carbonyl (C=O) groups is 1. The molecule has 196 valence electrons. The molecule has 1 amide bonds. The Hall–Kier alpha value is -4.13. The summed E-state index contributed by atoms with van der Waals surface area (Å²) < 4.78 is 5.81. The van der Waals surface area contributed by atoms with Crippen LogP contribution in [0.25, 0.3) is 10.9 Å². The highest BCUT2D eigenvalue weighted by Gasteiger charge is 2.42. The molecule has 0 atom stereocenters. The fraction of sp³-hybridized carbons (Fsp3) is 0.323. The molecule has 3 aromatic carbocycles. The molecular weight excluding hydrogens is 476 g/mol. The maximum absolute atomic E-state index is 13.7. The number of piperidine rings is 1. The molecule has 4 aromatic rings. The van der Waals surface area contributed by atoms with Crippen molar-refractivity contribution in [2.24, 2.45) is 5.41 Å². The van der Waals surface area contributed by atoms with E-state index in [1.165, 1.54) is 0 Å². The number of hydrogen-bond acceptors (Lipinski definition) is 6. The molecule has 0 radical (unpaired) electrons. The number of nitrogens with zero attached hydrogens (tertiary/aromatic N) is 3. The molecule has 0 spiro atoms. The molecule has 1 fully saturated rings. The van der Waals surface area contributed by atoms with Crippen LogP contribution in [0.5, 0.6) is 11.6 Å². The van der Waals surface area contributed by atoms with E-state index in [9.17, 15) is 9.90 Å². The van der Waals surface area contributed by atoms with Crippen molar-refractivity contribution in [2.45, 2.75) is 45.8 Å². The minimum atomic E-state index is -0.538. The van der Waals surface area contributed by atoms with Crippen LogP contribution >= 0.6 is 0 Å². The number of aromatic hydroxyl groups is 1. The number of fused-ring (bicyclic) bond motifs is 1. The van der Waals surface area contributed by atoms with Gasteiger partial charge in [-0.1, -0.05) is 60.7 Å². The van der Waals surface area contributed by atoms with Gasteiger partial charge in [-0.05, 0) is 56.4 Å². The molecule has 5 rings (SSSR count). The molecule has 2 N–H and O–H groups in total. The highest BCUT2D eigenvalue weighted by atomic mass is 16.5. The molecule has 0 bridgehead atoms. The van der Waals surface area contributed by atoms with Crippen LogP contribution in [-0.4, -0.2) is 40.2 Å². The van der Waals surface area contributed by atoms with E-state index in [0.717, 1.165) is 11.1 Å². The molecule has 0 aliphatic carbocycles. The summed E-state index contributed by atoms with van der Waals surface area (Å²) in [6.45, 7) is 5.66. The van der Waals surface area contributed by atoms with Crippen LogP contribution in [0, 0.1) is 5.41 Å².